The van der Waals surface area contributed by atoms with Crippen molar-refractivity contribution in [1.82, 2.24) is 4.90 Å². The van der Waals surface area contributed by atoms with Crippen LogP contribution in [0.3, 0.4) is 0 Å². The second kappa shape index (κ2) is 5.65. The van der Waals surface area contributed by atoms with Gasteiger partial charge in [0.2, 0.25) is 0 Å². The first kappa shape index (κ1) is 13.9. The molecule has 2 heterocycles. The SMILES string of the molecule is CC(C)N=C1S/C(=C/c2ccco2)C(=O)N1C(C)C. The van der Waals surface area contributed by atoms with Gasteiger partial charge in [-0.15, -0.1) is 0 Å². The van der Waals surface area contributed by atoms with Crippen LogP contribution in [0.5, 0.6) is 0 Å². The summed E-state index contributed by atoms with van der Waals surface area (Å²) in [6.07, 6.45) is 3.37. The molecule has 0 aromatic carbocycles. The van der Waals surface area contributed by atoms with Crippen LogP contribution in [0, 0.1) is 0 Å². The first-order valence-electron chi connectivity index (χ1n) is 6.33. The largest absolute Gasteiger partial charge is 0.465 e. The van der Waals surface area contributed by atoms with Gasteiger partial charge in [-0.1, -0.05) is 0 Å². The zero-order chi connectivity index (χ0) is 14.0. The lowest BCUT2D eigenvalue weighted by molar-refractivity contribution is -0.123. The van der Waals surface area contributed by atoms with E-state index in [4.69, 9.17) is 4.42 Å². The molecule has 0 saturated carbocycles. The number of hydrogen-bond acceptors (Lipinski definition) is 4. The predicted molar refractivity (Wildman–Crippen MR) is 78.8 cm³/mol. The summed E-state index contributed by atoms with van der Waals surface area (Å²) in [5, 5.41) is 0.771. The molecular formula is C14H18N2O2S. The molecule has 0 unspecified atom stereocenters. The van der Waals surface area contributed by atoms with Gasteiger partial charge in [0.25, 0.3) is 5.91 Å². The van der Waals surface area contributed by atoms with Crippen LogP contribution in [-0.4, -0.2) is 28.1 Å². The number of aliphatic imine (C=N–C) groups is 1. The molecule has 1 aliphatic rings. The molecule has 1 aromatic heterocycles. The molecule has 5 heteroatoms. The van der Waals surface area contributed by atoms with Gasteiger partial charge in [-0.3, -0.25) is 14.7 Å². The van der Waals surface area contributed by atoms with E-state index in [1.807, 2.05) is 33.8 Å². The lowest BCUT2D eigenvalue weighted by Crippen LogP contribution is -2.35. The topological polar surface area (TPSA) is 45.8 Å². The third kappa shape index (κ3) is 3.10. The number of carbonyl (C=O) groups excluding carboxylic acids is 1. The van der Waals surface area contributed by atoms with Crippen molar-refractivity contribution in [3.8, 4) is 0 Å². The molecule has 0 aliphatic carbocycles. The molecule has 102 valence electrons. The van der Waals surface area contributed by atoms with Crippen molar-refractivity contribution in [1.29, 1.82) is 0 Å². The smallest absolute Gasteiger partial charge is 0.267 e. The lowest BCUT2D eigenvalue weighted by atomic mass is 10.3. The number of rotatable bonds is 3. The van der Waals surface area contributed by atoms with Crippen molar-refractivity contribution < 1.29 is 9.21 Å². The summed E-state index contributed by atoms with van der Waals surface area (Å²) in [6, 6.07) is 3.90. The van der Waals surface area contributed by atoms with Crippen LogP contribution in [0.15, 0.2) is 32.7 Å². The van der Waals surface area contributed by atoms with E-state index in [2.05, 4.69) is 4.99 Å². The van der Waals surface area contributed by atoms with E-state index in [1.54, 1.807) is 23.3 Å². The number of amidine groups is 1. The van der Waals surface area contributed by atoms with Crippen LogP contribution in [0.4, 0.5) is 0 Å². The Morgan fingerprint density at radius 2 is 2.11 bits per heavy atom. The Kier molecular flexibility index (Phi) is 4.14. The number of nitrogens with zero attached hydrogens (tertiary/aromatic N) is 2. The quantitative estimate of drug-likeness (QED) is 0.796. The van der Waals surface area contributed by atoms with Gasteiger partial charge in [-0.25, -0.2) is 0 Å². The minimum Gasteiger partial charge on any atom is -0.465 e. The molecule has 0 radical (unpaired) electrons. The molecule has 1 aromatic rings. The minimum atomic E-state index is -0.00389. The maximum Gasteiger partial charge on any atom is 0.267 e. The third-order valence-corrected chi connectivity index (χ3v) is 3.54. The molecule has 0 N–H and O–H groups in total. The van der Waals surface area contributed by atoms with E-state index < -0.39 is 0 Å². The molecule has 0 bridgehead atoms. The van der Waals surface area contributed by atoms with Gasteiger partial charge in [0, 0.05) is 18.2 Å². The normalized spacial score (nSPS) is 20.5. The zero-order valence-electron chi connectivity index (χ0n) is 11.6. The fourth-order valence-corrected chi connectivity index (χ4v) is 2.97. The average Bonchev–Trinajstić information content (AvgIpc) is 2.88. The molecular weight excluding hydrogens is 260 g/mol. The highest BCUT2D eigenvalue weighted by Gasteiger charge is 2.35. The highest BCUT2D eigenvalue weighted by atomic mass is 32.2. The Hall–Kier alpha value is -1.49. The summed E-state index contributed by atoms with van der Waals surface area (Å²) in [4.78, 5) is 19.3. The molecule has 1 amide bonds. The summed E-state index contributed by atoms with van der Waals surface area (Å²) in [6.45, 7) is 7.99. The van der Waals surface area contributed by atoms with Crippen LogP contribution >= 0.6 is 11.8 Å². The van der Waals surface area contributed by atoms with Gasteiger partial charge in [-0.05, 0) is 51.6 Å². The van der Waals surface area contributed by atoms with Gasteiger partial charge >= 0.3 is 0 Å². The van der Waals surface area contributed by atoms with E-state index in [9.17, 15) is 4.79 Å². The first-order valence-corrected chi connectivity index (χ1v) is 7.15. The van der Waals surface area contributed by atoms with Crippen molar-refractivity contribution in [2.24, 2.45) is 4.99 Å². The van der Waals surface area contributed by atoms with E-state index in [1.165, 1.54) is 11.8 Å². The zero-order valence-corrected chi connectivity index (χ0v) is 12.4. The Balaban J connectivity index is 2.33. The molecule has 1 aliphatic heterocycles. The maximum atomic E-state index is 12.4. The summed E-state index contributed by atoms with van der Waals surface area (Å²) in [5.74, 6) is 0.682. The highest BCUT2D eigenvalue weighted by Crippen LogP contribution is 2.34. The van der Waals surface area contributed by atoms with Crippen LogP contribution in [-0.2, 0) is 4.79 Å². The number of thioether (sulfide) groups is 1. The van der Waals surface area contributed by atoms with Gasteiger partial charge in [0.1, 0.15) is 5.76 Å². The van der Waals surface area contributed by atoms with Crippen molar-refractivity contribution in [3.63, 3.8) is 0 Å². The molecule has 1 fully saturated rings. The summed E-state index contributed by atoms with van der Waals surface area (Å²) in [7, 11) is 0. The molecule has 4 nitrogen and oxygen atoms in total. The van der Waals surface area contributed by atoms with Gasteiger partial charge in [0.05, 0.1) is 11.2 Å². The average molecular weight is 278 g/mol. The van der Waals surface area contributed by atoms with Crippen LogP contribution in [0.25, 0.3) is 6.08 Å². The van der Waals surface area contributed by atoms with Crippen molar-refractivity contribution in [3.05, 3.63) is 29.1 Å². The van der Waals surface area contributed by atoms with Crippen LogP contribution < -0.4 is 0 Å². The molecule has 2 rings (SSSR count). The Morgan fingerprint density at radius 1 is 1.37 bits per heavy atom. The molecule has 0 atom stereocenters. The highest BCUT2D eigenvalue weighted by molar-refractivity contribution is 8.18. The van der Waals surface area contributed by atoms with Gasteiger partial charge in [0.15, 0.2) is 5.17 Å². The van der Waals surface area contributed by atoms with Gasteiger partial charge in [-0.2, -0.15) is 0 Å². The fraction of sp³-hybridized carbons (Fsp3) is 0.429. The number of amides is 1. The van der Waals surface area contributed by atoms with Crippen molar-refractivity contribution >= 4 is 28.9 Å². The van der Waals surface area contributed by atoms with Gasteiger partial charge < -0.3 is 4.42 Å². The second-order valence-corrected chi connectivity index (χ2v) is 5.91. The van der Waals surface area contributed by atoms with E-state index in [0.717, 1.165) is 5.17 Å². The van der Waals surface area contributed by atoms with E-state index in [-0.39, 0.29) is 18.0 Å². The molecule has 0 spiro atoms. The Bertz CT molecular complexity index is 516. The maximum absolute atomic E-state index is 12.4. The molecule has 19 heavy (non-hydrogen) atoms. The number of furan rings is 1. The van der Waals surface area contributed by atoms with Crippen molar-refractivity contribution in [2.75, 3.05) is 0 Å². The Labute approximate surface area is 117 Å². The predicted octanol–water partition coefficient (Wildman–Crippen LogP) is 3.37. The number of hydrogen-bond donors (Lipinski definition) is 0. The van der Waals surface area contributed by atoms with Crippen LogP contribution in [0.2, 0.25) is 0 Å². The Morgan fingerprint density at radius 3 is 2.63 bits per heavy atom. The second-order valence-electron chi connectivity index (χ2n) is 4.90. The summed E-state index contributed by atoms with van der Waals surface area (Å²) < 4.78 is 5.26. The third-order valence-electron chi connectivity index (χ3n) is 2.54. The van der Waals surface area contributed by atoms with E-state index >= 15 is 0 Å². The van der Waals surface area contributed by atoms with E-state index in [0.29, 0.717) is 10.7 Å². The fourth-order valence-electron chi connectivity index (χ4n) is 1.76. The first-order chi connectivity index (χ1) is 8.99. The van der Waals surface area contributed by atoms with Crippen LogP contribution in [0.1, 0.15) is 33.5 Å². The summed E-state index contributed by atoms with van der Waals surface area (Å²) >= 11 is 1.41. The number of carbonyl (C=O) groups is 1. The van der Waals surface area contributed by atoms with Crippen molar-refractivity contribution in [2.45, 2.75) is 39.8 Å². The summed E-state index contributed by atoms with van der Waals surface area (Å²) in [5.41, 5.74) is 0. The lowest BCUT2D eigenvalue weighted by Gasteiger charge is -2.20. The monoisotopic (exact) mass is 278 g/mol. The minimum absolute atomic E-state index is 0.00389. The standard InChI is InChI=1S/C14H18N2O2S/c1-9(2)15-14-16(10(3)4)13(17)12(19-14)8-11-6-5-7-18-11/h5-10H,1-4H3/b12-8+,15-14?. The molecule has 1 saturated heterocycles.